The summed E-state index contributed by atoms with van der Waals surface area (Å²) in [6, 6.07) is 6.93. The van der Waals surface area contributed by atoms with E-state index in [0.29, 0.717) is 15.6 Å². The number of allylic oxidation sites excluding steroid dienone is 6. The normalized spacial score (nSPS) is 25.1. The van der Waals surface area contributed by atoms with Crippen molar-refractivity contribution in [3.63, 3.8) is 0 Å². The number of carbonyl (C=O) groups is 4. The zero-order valence-electron chi connectivity index (χ0n) is 21.6. The summed E-state index contributed by atoms with van der Waals surface area (Å²) in [5.74, 6) is -4.78. The number of phenolic OH excluding ortho intramolecular Hbond substituents is 1. The van der Waals surface area contributed by atoms with Crippen LogP contribution >= 0.6 is 47.8 Å². The number of non-ortho nitro benzene ring substituents is 1. The van der Waals surface area contributed by atoms with E-state index in [-0.39, 0.29) is 67.4 Å². The lowest BCUT2D eigenvalue weighted by Crippen LogP contribution is -2.39. The molecule has 0 radical (unpaired) electrons. The van der Waals surface area contributed by atoms with Crippen molar-refractivity contribution in [3.05, 3.63) is 88.3 Å². The minimum atomic E-state index is -0.859. The van der Waals surface area contributed by atoms with Gasteiger partial charge in [-0.3, -0.25) is 29.3 Å². The number of fused-ring (bicyclic) bond motifs is 3. The fourth-order valence-electron chi connectivity index (χ4n) is 6.54. The minimum Gasteiger partial charge on any atom is -0.503 e. The van der Waals surface area contributed by atoms with Crippen LogP contribution in [0.1, 0.15) is 24.3 Å². The number of ketones is 2. The van der Waals surface area contributed by atoms with Gasteiger partial charge in [-0.05, 0) is 84.2 Å². The van der Waals surface area contributed by atoms with Crippen LogP contribution in [0, 0.1) is 27.9 Å². The van der Waals surface area contributed by atoms with Gasteiger partial charge in [-0.1, -0.05) is 17.7 Å². The van der Waals surface area contributed by atoms with Crippen molar-refractivity contribution in [2.75, 3.05) is 12.0 Å². The van der Waals surface area contributed by atoms with Gasteiger partial charge in [-0.25, -0.2) is 4.90 Å². The molecule has 0 saturated carbocycles. The fourth-order valence-corrected chi connectivity index (χ4v) is 7.94. The first kappa shape index (κ1) is 28.7. The van der Waals surface area contributed by atoms with Crippen molar-refractivity contribution in [2.45, 2.75) is 18.8 Å². The zero-order valence-corrected chi connectivity index (χ0v) is 26.4. The van der Waals surface area contributed by atoms with E-state index < -0.39 is 40.4 Å². The van der Waals surface area contributed by atoms with E-state index in [4.69, 9.17) is 4.74 Å². The Hall–Kier alpha value is -3.42. The molecule has 13 heteroatoms. The van der Waals surface area contributed by atoms with Gasteiger partial charge in [-0.2, -0.15) is 0 Å². The molecule has 2 aromatic rings. The van der Waals surface area contributed by atoms with Crippen LogP contribution < -0.4 is 9.64 Å². The van der Waals surface area contributed by atoms with Gasteiger partial charge >= 0.3 is 0 Å². The summed E-state index contributed by atoms with van der Waals surface area (Å²) in [6.07, 6.45) is 3.34. The van der Waals surface area contributed by atoms with E-state index in [9.17, 15) is 34.4 Å². The number of imide groups is 1. The van der Waals surface area contributed by atoms with Gasteiger partial charge in [0, 0.05) is 39.7 Å². The second kappa shape index (κ2) is 10.4. The average molecular weight is 763 g/mol. The highest BCUT2D eigenvalue weighted by Crippen LogP contribution is 2.58. The lowest BCUT2D eigenvalue weighted by Gasteiger charge is -2.42. The zero-order chi connectivity index (χ0) is 30.2. The molecular formula is C29H19Br3N2O8. The Morgan fingerprint density at radius 1 is 1.05 bits per heavy atom. The van der Waals surface area contributed by atoms with Crippen LogP contribution in [0.2, 0.25) is 0 Å². The molecule has 1 fully saturated rings. The highest BCUT2D eigenvalue weighted by molar-refractivity contribution is 9.13. The molecule has 4 unspecified atom stereocenters. The highest BCUT2D eigenvalue weighted by atomic mass is 79.9. The number of benzene rings is 2. The number of nitro benzene ring substituents is 1. The number of methoxy groups -OCH3 is 1. The van der Waals surface area contributed by atoms with Gasteiger partial charge in [0.05, 0.1) is 38.5 Å². The predicted molar refractivity (Wildman–Crippen MR) is 160 cm³/mol. The maximum absolute atomic E-state index is 14.0. The lowest BCUT2D eigenvalue weighted by atomic mass is 9.59. The van der Waals surface area contributed by atoms with Gasteiger partial charge in [0.1, 0.15) is 0 Å². The summed E-state index contributed by atoms with van der Waals surface area (Å²) < 4.78 is 6.19. The molecule has 3 aliphatic carbocycles. The second-order valence-corrected chi connectivity index (χ2v) is 12.8. The summed E-state index contributed by atoms with van der Waals surface area (Å²) >= 11 is 10.1. The number of ether oxygens (including phenoxy) is 1. The molecule has 0 bridgehead atoms. The van der Waals surface area contributed by atoms with Gasteiger partial charge in [-0.15, -0.1) is 0 Å². The van der Waals surface area contributed by atoms with E-state index in [1.807, 2.05) is 6.08 Å². The minimum absolute atomic E-state index is 0.0577. The van der Waals surface area contributed by atoms with E-state index in [1.54, 1.807) is 6.07 Å². The third-order valence-corrected chi connectivity index (χ3v) is 11.1. The molecule has 0 spiro atoms. The van der Waals surface area contributed by atoms with Crippen LogP contribution in [-0.4, -0.2) is 40.5 Å². The van der Waals surface area contributed by atoms with E-state index in [2.05, 4.69) is 47.8 Å². The van der Waals surface area contributed by atoms with Gasteiger partial charge in [0.2, 0.25) is 11.8 Å². The molecule has 4 atom stereocenters. The number of hydrogen-bond acceptors (Lipinski definition) is 8. The second-order valence-electron chi connectivity index (χ2n) is 10.3. The summed E-state index contributed by atoms with van der Waals surface area (Å²) in [6.45, 7) is 0. The van der Waals surface area contributed by atoms with Crippen molar-refractivity contribution < 1.29 is 33.9 Å². The monoisotopic (exact) mass is 760 g/mol. The number of halogens is 3. The summed E-state index contributed by atoms with van der Waals surface area (Å²) in [7, 11) is 1.39. The van der Waals surface area contributed by atoms with Crippen molar-refractivity contribution in [1.82, 2.24) is 0 Å². The van der Waals surface area contributed by atoms with Gasteiger partial charge in [0.15, 0.2) is 23.1 Å². The number of Topliss-reactive ketones (excluding diaryl/α,β-unsaturated/α-hetero) is 1. The van der Waals surface area contributed by atoms with Crippen molar-refractivity contribution in [1.29, 1.82) is 0 Å². The number of phenols is 1. The van der Waals surface area contributed by atoms with Crippen molar-refractivity contribution >= 4 is 82.5 Å². The Morgan fingerprint density at radius 3 is 2.48 bits per heavy atom. The molecule has 1 saturated heterocycles. The Morgan fingerprint density at radius 2 is 1.79 bits per heavy atom. The fraction of sp³-hybridized carbons (Fsp3) is 0.241. The number of rotatable bonds is 4. The predicted octanol–water partition coefficient (Wildman–Crippen LogP) is 5.80. The molecule has 1 aliphatic heterocycles. The smallest absolute Gasteiger partial charge is 0.271 e. The topological polar surface area (TPSA) is 144 Å². The summed E-state index contributed by atoms with van der Waals surface area (Å²) in [5, 5.41) is 22.0. The Bertz CT molecular complexity index is 1760. The number of hydrogen-bond donors (Lipinski definition) is 1. The molecule has 0 aromatic heterocycles. The van der Waals surface area contributed by atoms with Gasteiger partial charge < -0.3 is 9.84 Å². The number of nitrogens with zero attached hydrogens (tertiary/aromatic N) is 2. The molecule has 1 N–H and O–H groups in total. The van der Waals surface area contributed by atoms with E-state index >= 15 is 0 Å². The van der Waals surface area contributed by atoms with E-state index in [1.165, 1.54) is 37.5 Å². The maximum Gasteiger partial charge on any atom is 0.271 e. The largest absolute Gasteiger partial charge is 0.503 e. The molecule has 42 heavy (non-hydrogen) atoms. The first-order chi connectivity index (χ1) is 20.0. The molecule has 4 aliphatic rings. The van der Waals surface area contributed by atoms with Gasteiger partial charge in [0.25, 0.3) is 5.69 Å². The molecule has 6 rings (SSSR count). The van der Waals surface area contributed by atoms with Crippen LogP contribution in [-0.2, 0) is 19.2 Å². The highest BCUT2D eigenvalue weighted by Gasteiger charge is 2.57. The first-order valence-electron chi connectivity index (χ1n) is 12.7. The summed E-state index contributed by atoms with van der Waals surface area (Å²) in [5.41, 5.74) is 1.58. The number of aromatic hydroxyl groups is 1. The molecule has 10 nitrogen and oxygen atoms in total. The average Bonchev–Trinajstić information content (AvgIpc) is 3.23. The summed E-state index contributed by atoms with van der Waals surface area (Å²) in [4.78, 5) is 66.4. The third kappa shape index (κ3) is 4.15. The Balaban J connectivity index is 1.52. The Labute approximate surface area is 263 Å². The molecule has 2 aromatic carbocycles. The lowest BCUT2D eigenvalue weighted by molar-refractivity contribution is -0.384. The molecule has 214 valence electrons. The SMILES string of the molecule is COc1cc(C2C3=CCC4C(=O)N(c5cccc([N+](=O)[O-])c5)C(=O)C4C3CC3=C2C(=O)C=C(Br)C3=O)c(Br)c(Br)c1O. The number of carbonyl (C=O) groups excluding carboxylic acids is 4. The van der Waals surface area contributed by atoms with Crippen molar-refractivity contribution in [2.24, 2.45) is 17.8 Å². The van der Waals surface area contributed by atoms with Crippen LogP contribution in [0.25, 0.3) is 0 Å². The quantitative estimate of drug-likeness (QED) is 0.135. The standard InChI is InChI=1S/C29H19Br3N2O8/c1-42-20-9-16(24(31)25(32)27(20)37)21-13-5-6-14-22(15(13)8-17-23(21)19(35)10-18(30)26(17)36)29(39)33(28(14)38)11-3-2-4-12(7-11)34(40)41/h2-5,7,9-10,14-15,21-22,37H,6,8H2,1H3. The Kier molecular flexibility index (Phi) is 7.09. The van der Waals surface area contributed by atoms with Crippen LogP contribution in [0.3, 0.4) is 0 Å². The number of nitro groups is 1. The number of anilines is 1. The maximum atomic E-state index is 14.0. The van der Waals surface area contributed by atoms with E-state index in [0.717, 1.165) is 4.90 Å². The molecular weight excluding hydrogens is 744 g/mol. The van der Waals surface area contributed by atoms with Crippen LogP contribution in [0.5, 0.6) is 11.5 Å². The molecule has 2 amide bonds. The third-order valence-electron chi connectivity index (χ3n) is 8.33. The van der Waals surface area contributed by atoms with Crippen LogP contribution in [0.15, 0.2) is 72.6 Å². The molecule has 1 heterocycles. The van der Waals surface area contributed by atoms with Crippen molar-refractivity contribution in [3.8, 4) is 11.5 Å². The first-order valence-corrected chi connectivity index (χ1v) is 15.1. The number of amides is 2. The van der Waals surface area contributed by atoms with Crippen LogP contribution in [0.4, 0.5) is 11.4 Å².